The van der Waals surface area contributed by atoms with Crippen molar-refractivity contribution in [2.24, 2.45) is 0 Å². The number of benzene rings is 1. The van der Waals surface area contributed by atoms with Crippen molar-refractivity contribution in [2.45, 2.75) is 32.4 Å². The first-order chi connectivity index (χ1) is 13.2. The maximum absolute atomic E-state index is 11.8. The van der Waals surface area contributed by atoms with E-state index in [0.717, 1.165) is 12.1 Å². The van der Waals surface area contributed by atoms with Crippen molar-refractivity contribution in [3.8, 4) is 0 Å². The van der Waals surface area contributed by atoms with Crippen molar-refractivity contribution in [2.75, 3.05) is 18.4 Å². The second-order valence-corrected chi connectivity index (χ2v) is 6.94. The lowest BCUT2D eigenvalue weighted by Gasteiger charge is -2.26. The standard InChI is InChI=1S/C20H23N5O2/c26-20-23-18(17-5-4-10-21-19(17)25(20)27)22-13-15-6-8-16(9-7-15)14-24-11-2-1-3-12-24/h4-10,27H,1-3,11-14H2,(H,22,23,26). The first kappa shape index (κ1) is 17.5. The highest BCUT2D eigenvalue weighted by molar-refractivity contribution is 5.86. The van der Waals surface area contributed by atoms with Crippen molar-refractivity contribution in [3.63, 3.8) is 0 Å². The van der Waals surface area contributed by atoms with Crippen LogP contribution in [0.3, 0.4) is 0 Å². The summed E-state index contributed by atoms with van der Waals surface area (Å²) in [5.41, 5.74) is 1.86. The zero-order valence-corrected chi connectivity index (χ0v) is 15.1. The lowest BCUT2D eigenvalue weighted by Crippen LogP contribution is -2.29. The molecule has 1 fully saturated rings. The van der Waals surface area contributed by atoms with Crippen LogP contribution in [0.4, 0.5) is 5.82 Å². The van der Waals surface area contributed by atoms with Gasteiger partial charge in [-0.15, -0.1) is 4.73 Å². The zero-order chi connectivity index (χ0) is 18.6. The Morgan fingerprint density at radius 1 is 1.04 bits per heavy atom. The summed E-state index contributed by atoms with van der Waals surface area (Å²) in [6.45, 7) is 3.91. The van der Waals surface area contributed by atoms with Gasteiger partial charge in [0.2, 0.25) is 0 Å². The number of pyridine rings is 1. The molecule has 27 heavy (non-hydrogen) atoms. The number of fused-ring (bicyclic) bond motifs is 1. The summed E-state index contributed by atoms with van der Waals surface area (Å²) in [6.07, 6.45) is 5.47. The van der Waals surface area contributed by atoms with E-state index < -0.39 is 5.69 Å². The summed E-state index contributed by atoms with van der Waals surface area (Å²) in [5, 5.41) is 13.6. The van der Waals surface area contributed by atoms with Gasteiger partial charge in [-0.25, -0.2) is 9.78 Å². The fourth-order valence-corrected chi connectivity index (χ4v) is 3.50. The molecule has 0 atom stereocenters. The fraction of sp³-hybridized carbons (Fsp3) is 0.350. The average Bonchev–Trinajstić information content (AvgIpc) is 2.71. The molecule has 1 aromatic carbocycles. The van der Waals surface area contributed by atoms with E-state index in [1.807, 2.05) is 0 Å². The summed E-state index contributed by atoms with van der Waals surface area (Å²) in [5.74, 6) is 0.422. The third-order valence-electron chi connectivity index (χ3n) is 4.97. The monoisotopic (exact) mass is 365 g/mol. The van der Waals surface area contributed by atoms with Crippen molar-refractivity contribution in [3.05, 3.63) is 64.2 Å². The minimum Gasteiger partial charge on any atom is -0.422 e. The number of nitrogens with one attached hydrogen (secondary N) is 1. The number of anilines is 1. The second kappa shape index (κ2) is 7.75. The lowest BCUT2D eigenvalue weighted by atomic mass is 10.1. The Bertz CT molecular complexity index is 978. The Morgan fingerprint density at radius 3 is 2.56 bits per heavy atom. The highest BCUT2D eigenvalue weighted by Gasteiger charge is 2.11. The lowest BCUT2D eigenvalue weighted by molar-refractivity contribution is 0.182. The number of piperidine rings is 1. The van der Waals surface area contributed by atoms with Gasteiger partial charge in [-0.2, -0.15) is 4.98 Å². The fourth-order valence-electron chi connectivity index (χ4n) is 3.50. The van der Waals surface area contributed by atoms with Crippen molar-refractivity contribution in [1.82, 2.24) is 19.6 Å². The van der Waals surface area contributed by atoms with E-state index in [9.17, 15) is 10.0 Å². The molecule has 7 nitrogen and oxygen atoms in total. The quantitative estimate of drug-likeness (QED) is 0.677. The van der Waals surface area contributed by atoms with Crippen molar-refractivity contribution >= 4 is 16.9 Å². The molecule has 1 saturated heterocycles. The predicted octanol–water partition coefficient (Wildman–Crippen LogP) is 2.63. The second-order valence-electron chi connectivity index (χ2n) is 6.94. The van der Waals surface area contributed by atoms with Gasteiger partial charge in [0.1, 0.15) is 5.82 Å². The van der Waals surface area contributed by atoms with Crippen LogP contribution in [-0.2, 0) is 13.1 Å². The Labute approximate surface area is 157 Å². The van der Waals surface area contributed by atoms with E-state index in [0.29, 0.717) is 22.5 Å². The average molecular weight is 365 g/mol. The Morgan fingerprint density at radius 2 is 1.78 bits per heavy atom. The topological polar surface area (TPSA) is 83.3 Å². The maximum atomic E-state index is 11.8. The number of nitrogens with zero attached hydrogens (tertiary/aromatic N) is 4. The van der Waals surface area contributed by atoms with E-state index >= 15 is 0 Å². The van der Waals surface area contributed by atoms with Crippen LogP contribution in [0.2, 0.25) is 0 Å². The van der Waals surface area contributed by atoms with Gasteiger partial charge in [-0.3, -0.25) is 4.90 Å². The van der Waals surface area contributed by atoms with Crippen LogP contribution in [-0.4, -0.2) is 37.9 Å². The van der Waals surface area contributed by atoms with Gasteiger partial charge < -0.3 is 10.5 Å². The van der Waals surface area contributed by atoms with Crippen LogP contribution in [0.5, 0.6) is 0 Å². The van der Waals surface area contributed by atoms with Gasteiger partial charge in [0.05, 0.1) is 5.39 Å². The summed E-state index contributed by atoms with van der Waals surface area (Å²) in [6, 6.07) is 12.0. The van der Waals surface area contributed by atoms with E-state index in [1.165, 1.54) is 44.1 Å². The van der Waals surface area contributed by atoms with Gasteiger partial charge in [0.25, 0.3) is 0 Å². The number of hydrogen-bond donors (Lipinski definition) is 2. The molecule has 3 aromatic rings. The van der Waals surface area contributed by atoms with Gasteiger partial charge in [-0.1, -0.05) is 30.7 Å². The predicted molar refractivity (Wildman–Crippen MR) is 104 cm³/mol. The molecule has 2 N–H and O–H groups in total. The Balaban J connectivity index is 1.45. The summed E-state index contributed by atoms with van der Waals surface area (Å²) in [4.78, 5) is 22.3. The largest absolute Gasteiger partial charge is 0.422 e. The molecule has 1 aliphatic rings. The molecule has 0 spiro atoms. The van der Waals surface area contributed by atoms with Crippen molar-refractivity contribution < 1.29 is 5.21 Å². The molecule has 0 amide bonds. The molecule has 0 bridgehead atoms. The van der Waals surface area contributed by atoms with E-state index in [1.54, 1.807) is 12.1 Å². The number of hydrogen-bond acceptors (Lipinski definition) is 6. The normalized spacial score (nSPS) is 15.1. The molecule has 4 rings (SSSR count). The highest BCUT2D eigenvalue weighted by Crippen LogP contribution is 2.18. The molecule has 140 valence electrons. The molecule has 0 saturated carbocycles. The molecule has 7 heteroatoms. The Kier molecular flexibility index (Phi) is 5.02. The molecular formula is C20H23N5O2. The first-order valence-corrected chi connectivity index (χ1v) is 9.32. The van der Waals surface area contributed by atoms with Gasteiger partial charge in [-0.05, 0) is 49.2 Å². The minimum atomic E-state index is -0.749. The van der Waals surface area contributed by atoms with Crippen LogP contribution in [0.1, 0.15) is 30.4 Å². The molecule has 3 heterocycles. The van der Waals surface area contributed by atoms with Crippen LogP contribution >= 0.6 is 0 Å². The summed E-state index contributed by atoms with van der Waals surface area (Å²) >= 11 is 0. The number of aromatic nitrogens is 3. The summed E-state index contributed by atoms with van der Waals surface area (Å²) in [7, 11) is 0. The number of rotatable bonds is 5. The highest BCUT2D eigenvalue weighted by atomic mass is 16.5. The smallest absolute Gasteiger partial charge is 0.384 e. The summed E-state index contributed by atoms with van der Waals surface area (Å²) < 4.78 is 0.468. The third kappa shape index (κ3) is 3.93. The molecule has 0 aliphatic carbocycles. The van der Waals surface area contributed by atoms with Crippen LogP contribution in [0.25, 0.3) is 11.0 Å². The minimum absolute atomic E-state index is 0.192. The van der Waals surface area contributed by atoms with Gasteiger partial charge in [0, 0.05) is 19.3 Å². The van der Waals surface area contributed by atoms with Crippen LogP contribution < -0.4 is 11.0 Å². The molecule has 0 unspecified atom stereocenters. The molecule has 1 aliphatic heterocycles. The van der Waals surface area contributed by atoms with Crippen molar-refractivity contribution in [1.29, 1.82) is 0 Å². The van der Waals surface area contributed by atoms with Gasteiger partial charge in [0.15, 0.2) is 5.65 Å². The molecular weight excluding hydrogens is 342 g/mol. The first-order valence-electron chi connectivity index (χ1n) is 9.32. The van der Waals surface area contributed by atoms with Crippen LogP contribution in [0.15, 0.2) is 47.4 Å². The SMILES string of the molecule is O=c1nc(NCc2ccc(CN3CCCCC3)cc2)c2cccnc2n1O. The van der Waals surface area contributed by atoms with Gasteiger partial charge >= 0.3 is 5.69 Å². The zero-order valence-electron chi connectivity index (χ0n) is 15.1. The van der Waals surface area contributed by atoms with E-state index in [4.69, 9.17) is 0 Å². The maximum Gasteiger partial charge on any atom is 0.384 e. The molecule has 0 radical (unpaired) electrons. The molecule has 2 aromatic heterocycles. The van der Waals surface area contributed by atoms with Crippen LogP contribution in [0, 0.1) is 0 Å². The Hall–Kier alpha value is -2.93. The van der Waals surface area contributed by atoms with E-state index in [-0.39, 0.29) is 5.65 Å². The number of likely N-dealkylation sites (tertiary alicyclic amines) is 1. The van der Waals surface area contributed by atoms with E-state index in [2.05, 4.69) is 44.5 Å². The third-order valence-corrected chi connectivity index (χ3v) is 4.97.